The Bertz CT molecular complexity index is 518. The van der Waals surface area contributed by atoms with E-state index in [1.165, 1.54) is 26.2 Å². The molecule has 0 unspecified atom stereocenters. The van der Waals surface area contributed by atoms with Crippen LogP contribution in [0.1, 0.15) is 51.9 Å². The summed E-state index contributed by atoms with van der Waals surface area (Å²) in [6.45, 7) is 4.61. The Morgan fingerprint density at radius 2 is 1.88 bits per heavy atom. The first-order valence-electron chi connectivity index (χ1n) is 9.32. The quantitative estimate of drug-likeness (QED) is 0.838. The first-order chi connectivity index (χ1) is 11.5. The van der Waals surface area contributed by atoms with Gasteiger partial charge in [-0.3, -0.25) is 14.4 Å². The highest BCUT2D eigenvalue weighted by Crippen LogP contribution is 2.42. The summed E-state index contributed by atoms with van der Waals surface area (Å²) in [5.41, 5.74) is -0.243. The Kier molecular flexibility index (Phi) is 5.11. The van der Waals surface area contributed by atoms with Crippen molar-refractivity contribution < 1.29 is 14.4 Å². The van der Waals surface area contributed by atoms with Crippen LogP contribution in [-0.4, -0.2) is 60.2 Å². The Morgan fingerprint density at radius 1 is 1.12 bits per heavy atom. The van der Waals surface area contributed by atoms with Crippen molar-refractivity contribution in [1.82, 2.24) is 15.1 Å². The molecule has 2 aliphatic heterocycles. The summed E-state index contributed by atoms with van der Waals surface area (Å²) in [6, 6.07) is 0. The number of hydrogen-bond acceptors (Lipinski definition) is 3. The highest BCUT2D eigenvalue weighted by Gasteiger charge is 2.47. The molecule has 134 valence electrons. The lowest BCUT2D eigenvalue weighted by Gasteiger charge is -2.32. The summed E-state index contributed by atoms with van der Waals surface area (Å²) in [7, 11) is 0. The third-order valence-electron chi connectivity index (χ3n) is 6.09. The lowest BCUT2D eigenvalue weighted by molar-refractivity contribution is -0.138. The van der Waals surface area contributed by atoms with Crippen LogP contribution in [0.25, 0.3) is 0 Å². The van der Waals surface area contributed by atoms with Crippen LogP contribution in [-0.2, 0) is 14.4 Å². The van der Waals surface area contributed by atoms with Crippen LogP contribution in [0.2, 0.25) is 0 Å². The van der Waals surface area contributed by atoms with Gasteiger partial charge in [0.15, 0.2) is 0 Å². The molecule has 1 spiro atoms. The number of rotatable bonds is 4. The zero-order valence-electron chi connectivity index (χ0n) is 14.7. The molecule has 1 N–H and O–H groups in total. The van der Waals surface area contributed by atoms with Gasteiger partial charge in [-0.2, -0.15) is 0 Å². The second kappa shape index (κ2) is 7.11. The summed E-state index contributed by atoms with van der Waals surface area (Å²) in [6.07, 6.45) is 7.30. The highest BCUT2D eigenvalue weighted by atomic mass is 16.2. The molecule has 3 rings (SSSR count). The van der Waals surface area contributed by atoms with Gasteiger partial charge in [-0.25, -0.2) is 0 Å². The summed E-state index contributed by atoms with van der Waals surface area (Å²) in [5, 5.41) is 2.57. The van der Waals surface area contributed by atoms with E-state index in [9.17, 15) is 14.4 Å². The summed E-state index contributed by atoms with van der Waals surface area (Å²) in [4.78, 5) is 40.0. The average Bonchev–Trinajstić information content (AvgIpc) is 2.70. The van der Waals surface area contributed by atoms with Crippen molar-refractivity contribution in [1.29, 1.82) is 0 Å². The smallest absolute Gasteiger partial charge is 0.241 e. The highest BCUT2D eigenvalue weighted by molar-refractivity contribution is 5.86. The van der Waals surface area contributed by atoms with Gasteiger partial charge in [0.05, 0.1) is 12.0 Å². The number of hydrogen-bond donors (Lipinski definition) is 1. The van der Waals surface area contributed by atoms with E-state index in [1.807, 2.05) is 4.90 Å². The fourth-order valence-corrected chi connectivity index (χ4v) is 4.27. The number of amides is 3. The van der Waals surface area contributed by atoms with Crippen molar-refractivity contribution in [3.63, 3.8) is 0 Å². The van der Waals surface area contributed by atoms with Crippen molar-refractivity contribution in [2.24, 2.45) is 11.3 Å². The van der Waals surface area contributed by atoms with Crippen molar-refractivity contribution in [2.75, 3.05) is 32.7 Å². The number of carbonyl (C=O) groups excluding carboxylic acids is 3. The molecule has 1 aliphatic carbocycles. The minimum absolute atomic E-state index is 0.0426. The van der Waals surface area contributed by atoms with Crippen LogP contribution < -0.4 is 5.32 Å². The van der Waals surface area contributed by atoms with Gasteiger partial charge >= 0.3 is 0 Å². The number of carbonyl (C=O) groups is 3. The van der Waals surface area contributed by atoms with Crippen molar-refractivity contribution in [3.05, 3.63) is 0 Å². The molecule has 3 fully saturated rings. The second-order valence-corrected chi connectivity index (χ2v) is 7.72. The first-order valence-corrected chi connectivity index (χ1v) is 9.32. The fraction of sp³-hybridized carbons (Fsp3) is 0.833. The van der Waals surface area contributed by atoms with Gasteiger partial charge in [-0.1, -0.05) is 6.42 Å². The van der Waals surface area contributed by atoms with Gasteiger partial charge < -0.3 is 15.1 Å². The SMILES string of the molecule is CC(=O)NCC(=O)N1CCC[C@]2(CC1)CCN(CC1CCC1)C2=O. The maximum Gasteiger partial charge on any atom is 0.241 e. The van der Waals surface area contributed by atoms with Crippen LogP contribution >= 0.6 is 0 Å². The van der Waals surface area contributed by atoms with Crippen molar-refractivity contribution in [3.8, 4) is 0 Å². The molecular formula is C18H29N3O3. The van der Waals surface area contributed by atoms with Crippen LogP contribution in [0, 0.1) is 11.3 Å². The topological polar surface area (TPSA) is 69.7 Å². The third kappa shape index (κ3) is 3.57. The normalized spacial score (nSPS) is 28.0. The first kappa shape index (κ1) is 17.2. The van der Waals surface area contributed by atoms with Gasteiger partial charge in [0, 0.05) is 33.1 Å². The molecule has 0 radical (unpaired) electrons. The Morgan fingerprint density at radius 3 is 2.54 bits per heavy atom. The number of nitrogens with zero attached hydrogens (tertiary/aromatic N) is 2. The molecule has 6 heteroatoms. The molecule has 0 aromatic heterocycles. The van der Waals surface area contributed by atoms with Gasteiger partial charge in [-0.15, -0.1) is 0 Å². The van der Waals surface area contributed by atoms with Crippen molar-refractivity contribution >= 4 is 17.7 Å². The molecule has 0 aromatic rings. The summed E-state index contributed by atoms with van der Waals surface area (Å²) in [5.74, 6) is 0.808. The molecule has 24 heavy (non-hydrogen) atoms. The molecule has 3 aliphatic rings. The van der Waals surface area contributed by atoms with E-state index < -0.39 is 0 Å². The second-order valence-electron chi connectivity index (χ2n) is 7.72. The summed E-state index contributed by atoms with van der Waals surface area (Å²) >= 11 is 0. The van der Waals surface area contributed by atoms with E-state index >= 15 is 0 Å². The molecule has 6 nitrogen and oxygen atoms in total. The standard InChI is InChI=1S/C18H29N3O3/c1-14(22)19-12-16(23)20-9-3-6-18(7-10-20)8-11-21(17(18)24)13-15-4-2-5-15/h15H,2-13H2,1H3,(H,19,22)/t18-/m0/s1. The van der Waals surface area contributed by atoms with Crippen molar-refractivity contribution in [2.45, 2.75) is 51.9 Å². The minimum atomic E-state index is -0.243. The fourth-order valence-electron chi connectivity index (χ4n) is 4.27. The zero-order valence-corrected chi connectivity index (χ0v) is 14.7. The lowest BCUT2D eigenvalue weighted by Crippen LogP contribution is -2.41. The average molecular weight is 335 g/mol. The summed E-state index contributed by atoms with van der Waals surface area (Å²) < 4.78 is 0. The Labute approximate surface area is 143 Å². The van der Waals surface area contributed by atoms with Gasteiger partial charge in [-0.05, 0) is 44.4 Å². The number of likely N-dealkylation sites (tertiary alicyclic amines) is 2. The van der Waals surface area contributed by atoms with E-state index in [2.05, 4.69) is 10.2 Å². The van der Waals surface area contributed by atoms with Crippen LogP contribution in [0.4, 0.5) is 0 Å². The monoisotopic (exact) mass is 335 g/mol. The molecule has 1 saturated carbocycles. The molecule has 1 atom stereocenters. The van der Waals surface area contributed by atoms with E-state index in [0.717, 1.165) is 38.8 Å². The molecule has 2 heterocycles. The molecule has 0 bridgehead atoms. The molecule has 3 amide bonds. The zero-order chi connectivity index (χ0) is 17.2. The molecular weight excluding hydrogens is 306 g/mol. The predicted octanol–water partition coefficient (Wildman–Crippen LogP) is 1.15. The van der Waals surface area contributed by atoms with Crippen LogP contribution in [0.15, 0.2) is 0 Å². The Balaban J connectivity index is 1.55. The van der Waals surface area contributed by atoms with E-state index in [4.69, 9.17) is 0 Å². The van der Waals surface area contributed by atoms with E-state index in [-0.39, 0.29) is 23.8 Å². The maximum absolute atomic E-state index is 13.0. The van der Waals surface area contributed by atoms with Crippen LogP contribution in [0.5, 0.6) is 0 Å². The largest absolute Gasteiger partial charge is 0.347 e. The van der Waals surface area contributed by atoms with Gasteiger partial charge in [0.2, 0.25) is 17.7 Å². The van der Waals surface area contributed by atoms with Gasteiger partial charge in [0.25, 0.3) is 0 Å². The third-order valence-corrected chi connectivity index (χ3v) is 6.09. The lowest BCUT2D eigenvalue weighted by atomic mass is 9.79. The van der Waals surface area contributed by atoms with E-state index in [1.54, 1.807) is 0 Å². The van der Waals surface area contributed by atoms with E-state index in [0.29, 0.717) is 24.9 Å². The molecule has 0 aromatic carbocycles. The maximum atomic E-state index is 13.0. The van der Waals surface area contributed by atoms with Gasteiger partial charge in [0.1, 0.15) is 0 Å². The predicted molar refractivity (Wildman–Crippen MR) is 90.1 cm³/mol. The van der Waals surface area contributed by atoms with Crippen LogP contribution in [0.3, 0.4) is 0 Å². The minimum Gasteiger partial charge on any atom is -0.347 e. The number of nitrogens with one attached hydrogen (secondary N) is 1. The Hall–Kier alpha value is -1.59. The molecule has 2 saturated heterocycles.